The van der Waals surface area contributed by atoms with E-state index in [-0.39, 0.29) is 11.0 Å². The van der Waals surface area contributed by atoms with Gasteiger partial charge in [-0.1, -0.05) is 0 Å². The summed E-state index contributed by atoms with van der Waals surface area (Å²) in [5.74, 6) is -0.0823. The Hall–Kier alpha value is -0.830. The van der Waals surface area contributed by atoms with Gasteiger partial charge >= 0.3 is 13.0 Å². The van der Waals surface area contributed by atoms with E-state index in [0.29, 0.717) is 24.5 Å². The van der Waals surface area contributed by atoms with Gasteiger partial charge in [-0.3, -0.25) is 0 Å². The summed E-state index contributed by atoms with van der Waals surface area (Å²) in [6, 6.07) is 0.725. The van der Waals surface area contributed by atoms with Crippen LogP contribution in [0.2, 0.25) is 0 Å². The topological polar surface area (TPSA) is 64.6 Å². The highest BCUT2D eigenvalue weighted by Gasteiger charge is 2.35. The molecule has 0 aliphatic carbocycles. The third-order valence-corrected chi connectivity index (χ3v) is 6.32. The molecule has 11 heteroatoms. The second kappa shape index (κ2) is 7.63. The van der Waals surface area contributed by atoms with Gasteiger partial charge in [-0.2, -0.15) is 13.2 Å². The van der Waals surface area contributed by atoms with Crippen molar-refractivity contribution in [3.05, 3.63) is 11.8 Å². The molecule has 0 aliphatic heterocycles. The fourth-order valence-corrected chi connectivity index (χ4v) is 3.75. The summed E-state index contributed by atoms with van der Waals surface area (Å²) in [7, 11) is 2.29. The lowest BCUT2D eigenvalue weighted by Crippen LogP contribution is -2.25. The highest BCUT2D eigenvalue weighted by Crippen LogP contribution is 2.62. The van der Waals surface area contributed by atoms with Gasteiger partial charge < -0.3 is 13.9 Å². The monoisotopic (exact) mass is 359 g/mol. The van der Waals surface area contributed by atoms with Gasteiger partial charge in [-0.15, -0.1) is 0 Å². The average Bonchev–Trinajstić information content (AvgIpc) is 2.47. The minimum atomic E-state index is -4.63. The number of hydrogen-bond acceptors (Lipinski definition) is 7. The molecule has 0 radical (unpaired) electrons. The summed E-state index contributed by atoms with van der Waals surface area (Å²) in [6.07, 6.45) is -4.63. The normalized spacial score (nSPS) is 12.5. The van der Waals surface area contributed by atoms with Gasteiger partial charge in [0.1, 0.15) is 5.03 Å². The van der Waals surface area contributed by atoms with Crippen molar-refractivity contribution in [2.45, 2.75) is 25.0 Å². The molecule has 0 fully saturated rings. The minimum Gasteiger partial charge on any atom is -0.341 e. The zero-order valence-corrected chi connectivity index (χ0v) is 14.3. The second-order valence-electron chi connectivity index (χ2n) is 3.97. The SMILES string of the molecule is CCN(CC)c1nc(SP(=O)(OC)OC)cc(C(F)(F)F)n1. The van der Waals surface area contributed by atoms with E-state index in [1.54, 1.807) is 18.7 Å². The molecule has 1 aromatic heterocycles. The first-order valence-electron chi connectivity index (χ1n) is 6.31. The lowest BCUT2D eigenvalue weighted by Gasteiger charge is -2.21. The van der Waals surface area contributed by atoms with Crippen LogP contribution in [0.4, 0.5) is 19.1 Å². The molecule has 0 amide bonds. The Bertz CT molecular complexity index is 547. The van der Waals surface area contributed by atoms with Crippen LogP contribution in [-0.2, 0) is 19.8 Å². The van der Waals surface area contributed by atoms with E-state index in [4.69, 9.17) is 9.05 Å². The number of alkyl halides is 3. The van der Waals surface area contributed by atoms with E-state index in [9.17, 15) is 17.7 Å². The average molecular weight is 359 g/mol. The molecule has 0 saturated heterocycles. The fraction of sp³-hybridized carbons (Fsp3) is 0.636. The maximum absolute atomic E-state index is 13.0. The number of rotatable bonds is 7. The van der Waals surface area contributed by atoms with Gasteiger partial charge in [-0.05, 0) is 13.8 Å². The van der Waals surface area contributed by atoms with Gasteiger partial charge in [0.05, 0.1) is 0 Å². The van der Waals surface area contributed by atoms with E-state index in [1.165, 1.54) is 0 Å². The largest absolute Gasteiger partial charge is 0.433 e. The van der Waals surface area contributed by atoms with Crippen LogP contribution in [0.25, 0.3) is 0 Å². The highest BCUT2D eigenvalue weighted by atomic mass is 32.7. The molecule has 6 nitrogen and oxygen atoms in total. The fourth-order valence-electron chi connectivity index (χ4n) is 1.52. The Kier molecular flexibility index (Phi) is 6.66. The molecule has 0 aromatic carbocycles. The van der Waals surface area contributed by atoms with E-state index < -0.39 is 18.7 Å². The lowest BCUT2D eigenvalue weighted by molar-refractivity contribution is -0.141. The van der Waals surface area contributed by atoms with Crippen LogP contribution in [0, 0.1) is 0 Å². The van der Waals surface area contributed by atoms with Crippen LogP contribution >= 0.6 is 18.2 Å². The molecule has 126 valence electrons. The van der Waals surface area contributed by atoms with Crippen molar-refractivity contribution in [1.82, 2.24) is 9.97 Å². The zero-order valence-electron chi connectivity index (χ0n) is 12.5. The molecule has 1 aromatic rings. The zero-order chi connectivity index (χ0) is 17.0. The van der Waals surface area contributed by atoms with Crippen molar-refractivity contribution < 1.29 is 26.8 Å². The first-order chi connectivity index (χ1) is 10.2. The van der Waals surface area contributed by atoms with Crippen LogP contribution in [0.3, 0.4) is 0 Å². The highest BCUT2D eigenvalue weighted by molar-refractivity contribution is 8.55. The van der Waals surface area contributed by atoms with E-state index >= 15 is 0 Å². The van der Waals surface area contributed by atoms with Crippen LogP contribution in [0.5, 0.6) is 0 Å². The van der Waals surface area contributed by atoms with Crippen molar-refractivity contribution in [2.24, 2.45) is 0 Å². The van der Waals surface area contributed by atoms with Gasteiger partial charge in [-0.25, -0.2) is 14.5 Å². The number of anilines is 1. The molecule has 0 bridgehead atoms. The standard InChI is InChI=1S/C11H17F3N3O3PS/c1-5-17(6-2)10-15-8(11(12,13)14)7-9(16-10)22-21(18,19-3)20-4/h7H,5-6H2,1-4H3. The molecule has 0 N–H and O–H groups in total. The molecule has 0 unspecified atom stereocenters. The first kappa shape index (κ1) is 19.2. The van der Waals surface area contributed by atoms with Gasteiger partial charge in [0.2, 0.25) is 5.95 Å². The van der Waals surface area contributed by atoms with Crippen molar-refractivity contribution in [1.29, 1.82) is 0 Å². The molecule has 0 aliphatic rings. The maximum Gasteiger partial charge on any atom is 0.433 e. The van der Waals surface area contributed by atoms with Crippen LogP contribution in [0.15, 0.2) is 11.1 Å². The molecular formula is C11H17F3N3O3PS. The van der Waals surface area contributed by atoms with Crippen LogP contribution < -0.4 is 4.90 Å². The summed E-state index contributed by atoms with van der Waals surface area (Å²) < 4.78 is 60.4. The summed E-state index contributed by atoms with van der Waals surface area (Å²) in [6.45, 7) is 0.822. The van der Waals surface area contributed by atoms with Gasteiger partial charge in [0.15, 0.2) is 5.69 Å². The van der Waals surface area contributed by atoms with Gasteiger partial charge in [0, 0.05) is 44.8 Å². The van der Waals surface area contributed by atoms with Crippen LogP contribution in [0.1, 0.15) is 19.5 Å². The maximum atomic E-state index is 13.0. The Morgan fingerprint density at radius 1 is 1.23 bits per heavy atom. The summed E-state index contributed by atoms with van der Waals surface area (Å²) in [4.78, 5) is 9.11. The van der Waals surface area contributed by atoms with E-state index in [2.05, 4.69) is 9.97 Å². The predicted octanol–water partition coefficient (Wildman–Crippen LogP) is 3.83. The number of halogens is 3. The van der Waals surface area contributed by atoms with Gasteiger partial charge in [0.25, 0.3) is 0 Å². The molecule has 1 rings (SSSR count). The van der Waals surface area contributed by atoms with Crippen molar-refractivity contribution >= 4 is 24.1 Å². The Balaban J connectivity index is 3.32. The minimum absolute atomic E-state index is 0.0823. The Morgan fingerprint density at radius 2 is 1.77 bits per heavy atom. The second-order valence-corrected chi connectivity index (χ2v) is 8.08. The molecule has 1 heterocycles. The Labute approximate surface area is 130 Å². The summed E-state index contributed by atoms with van der Waals surface area (Å²) in [5.41, 5.74) is -1.11. The lowest BCUT2D eigenvalue weighted by atomic mass is 10.4. The first-order valence-corrected chi connectivity index (χ1v) is 9.27. The quantitative estimate of drug-likeness (QED) is 0.541. The smallest absolute Gasteiger partial charge is 0.341 e. The number of nitrogens with zero attached hydrogens (tertiary/aromatic N) is 3. The van der Waals surface area contributed by atoms with Crippen molar-refractivity contribution in [2.75, 3.05) is 32.2 Å². The molecule has 22 heavy (non-hydrogen) atoms. The third kappa shape index (κ3) is 4.84. The summed E-state index contributed by atoms with van der Waals surface area (Å²) in [5, 5.41) is -0.128. The molecule has 0 saturated carbocycles. The van der Waals surface area contributed by atoms with Crippen LogP contribution in [-0.4, -0.2) is 37.3 Å². The molecule has 0 atom stereocenters. The molecule has 0 spiro atoms. The van der Waals surface area contributed by atoms with Crippen molar-refractivity contribution in [3.8, 4) is 0 Å². The van der Waals surface area contributed by atoms with Crippen molar-refractivity contribution in [3.63, 3.8) is 0 Å². The third-order valence-electron chi connectivity index (χ3n) is 2.68. The number of aromatic nitrogens is 2. The molecular weight excluding hydrogens is 342 g/mol. The predicted molar refractivity (Wildman–Crippen MR) is 78.1 cm³/mol. The van der Waals surface area contributed by atoms with E-state index in [1.807, 2.05) is 0 Å². The summed E-state index contributed by atoms with van der Waals surface area (Å²) >= 11 is 0.507. The van der Waals surface area contributed by atoms with E-state index in [0.717, 1.165) is 20.3 Å². The number of hydrogen-bond donors (Lipinski definition) is 0. The Morgan fingerprint density at radius 3 is 2.18 bits per heavy atom.